The summed E-state index contributed by atoms with van der Waals surface area (Å²) in [5.74, 6) is 4.93. The SMILES string of the molecule is CN1C=CN(c2ccccc2)C1C(=O)NN. The number of carbonyl (C=O) groups is 1. The summed E-state index contributed by atoms with van der Waals surface area (Å²) in [6.45, 7) is 0. The third-order valence-corrected chi connectivity index (χ3v) is 2.54. The number of nitrogens with zero attached hydrogens (tertiary/aromatic N) is 2. The van der Waals surface area contributed by atoms with Crippen LogP contribution < -0.4 is 16.2 Å². The number of benzene rings is 1. The normalized spacial score (nSPS) is 19.0. The van der Waals surface area contributed by atoms with Gasteiger partial charge in [0.25, 0.3) is 5.91 Å². The van der Waals surface area contributed by atoms with Gasteiger partial charge in [-0.25, -0.2) is 5.84 Å². The van der Waals surface area contributed by atoms with Crippen molar-refractivity contribution in [1.82, 2.24) is 10.3 Å². The van der Waals surface area contributed by atoms with Gasteiger partial charge in [-0.2, -0.15) is 0 Å². The first kappa shape index (κ1) is 10.5. The molecule has 0 spiro atoms. The Kier molecular flexibility index (Phi) is 2.78. The molecule has 3 N–H and O–H groups in total. The second kappa shape index (κ2) is 4.24. The molecular formula is C11H14N4O. The molecule has 2 rings (SSSR count). The minimum Gasteiger partial charge on any atom is -0.351 e. The molecule has 0 saturated heterocycles. The van der Waals surface area contributed by atoms with Crippen molar-refractivity contribution < 1.29 is 4.79 Å². The van der Waals surface area contributed by atoms with Crippen molar-refractivity contribution >= 4 is 11.6 Å². The zero-order valence-electron chi connectivity index (χ0n) is 9.00. The van der Waals surface area contributed by atoms with Crippen molar-refractivity contribution in [3.63, 3.8) is 0 Å². The Labute approximate surface area is 94.1 Å². The van der Waals surface area contributed by atoms with Crippen molar-refractivity contribution in [2.24, 2.45) is 5.84 Å². The number of nitrogens with one attached hydrogen (secondary N) is 1. The molecule has 0 radical (unpaired) electrons. The number of carbonyl (C=O) groups excluding carboxylic acids is 1. The van der Waals surface area contributed by atoms with Crippen LogP contribution in [0.1, 0.15) is 0 Å². The van der Waals surface area contributed by atoms with Gasteiger partial charge in [0.2, 0.25) is 0 Å². The zero-order chi connectivity index (χ0) is 11.5. The van der Waals surface area contributed by atoms with Crippen LogP contribution in [0.5, 0.6) is 0 Å². The average molecular weight is 218 g/mol. The summed E-state index contributed by atoms with van der Waals surface area (Å²) in [7, 11) is 1.83. The molecule has 84 valence electrons. The van der Waals surface area contributed by atoms with Gasteiger partial charge in [-0.1, -0.05) is 18.2 Å². The second-order valence-corrected chi connectivity index (χ2v) is 3.59. The van der Waals surface area contributed by atoms with E-state index in [9.17, 15) is 4.79 Å². The largest absolute Gasteiger partial charge is 0.351 e. The Bertz CT molecular complexity index is 404. The lowest BCUT2D eigenvalue weighted by atomic mass is 10.2. The lowest BCUT2D eigenvalue weighted by molar-refractivity contribution is -0.124. The van der Waals surface area contributed by atoms with E-state index in [0.717, 1.165) is 5.69 Å². The molecule has 0 aromatic heterocycles. The van der Waals surface area contributed by atoms with E-state index in [1.165, 1.54) is 0 Å². The lowest BCUT2D eigenvalue weighted by Crippen LogP contribution is -2.51. The number of nitrogens with two attached hydrogens (primary N) is 1. The van der Waals surface area contributed by atoms with E-state index in [-0.39, 0.29) is 5.91 Å². The average Bonchev–Trinajstić information content (AvgIpc) is 2.71. The standard InChI is InChI=1S/C11H14N4O/c1-14-7-8-15(11(14)10(16)13-12)9-5-3-2-4-6-9/h2-8,11H,12H2,1H3,(H,13,16). The number of hydrazine groups is 1. The van der Waals surface area contributed by atoms with Crippen molar-refractivity contribution in [2.75, 3.05) is 11.9 Å². The summed E-state index contributed by atoms with van der Waals surface area (Å²) in [6.07, 6.45) is 3.27. The number of rotatable bonds is 2. The van der Waals surface area contributed by atoms with Crippen LogP contribution in [0, 0.1) is 0 Å². The van der Waals surface area contributed by atoms with Crippen LogP contribution in [-0.4, -0.2) is 24.0 Å². The van der Waals surface area contributed by atoms with Gasteiger partial charge in [-0.15, -0.1) is 0 Å². The van der Waals surface area contributed by atoms with Crippen molar-refractivity contribution in [3.05, 3.63) is 42.7 Å². The fourth-order valence-electron chi connectivity index (χ4n) is 1.75. The molecule has 1 heterocycles. The summed E-state index contributed by atoms with van der Waals surface area (Å²) in [6, 6.07) is 9.68. The minimum atomic E-state index is -0.424. The predicted molar refractivity (Wildman–Crippen MR) is 61.9 cm³/mol. The van der Waals surface area contributed by atoms with E-state index in [1.54, 1.807) is 4.90 Å². The highest BCUT2D eigenvalue weighted by Gasteiger charge is 2.30. The Hall–Kier alpha value is -2.01. The Morgan fingerprint density at radius 2 is 2.00 bits per heavy atom. The molecule has 1 aliphatic rings. The molecule has 1 aromatic rings. The summed E-state index contributed by atoms with van der Waals surface area (Å²) >= 11 is 0. The van der Waals surface area contributed by atoms with Crippen LogP contribution in [0.3, 0.4) is 0 Å². The molecule has 1 aliphatic heterocycles. The topological polar surface area (TPSA) is 61.6 Å². The van der Waals surface area contributed by atoms with E-state index < -0.39 is 6.17 Å². The van der Waals surface area contributed by atoms with E-state index in [4.69, 9.17) is 5.84 Å². The first-order valence-electron chi connectivity index (χ1n) is 4.98. The van der Waals surface area contributed by atoms with Crippen LogP contribution in [-0.2, 0) is 4.79 Å². The molecule has 0 bridgehead atoms. The number of para-hydroxylation sites is 1. The van der Waals surface area contributed by atoms with Crippen molar-refractivity contribution in [3.8, 4) is 0 Å². The van der Waals surface area contributed by atoms with Gasteiger partial charge in [0.05, 0.1) is 0 Å². The van der Waals surface area contributed by atoms with Gasteiger partial charge in [0, 0.05) is 25.1 Å². The van der Waals surface area contributed by atoms with Gasteiger partial charge in [-0.3, -0.25) is 10.2 Å². The van der Waals surface area contributed by atoms with Gasteiger partial charge in [-0.05, 0) is 12.1 Å². The zero-order valence-corrected chi connectivity index (χ0v) is 9.00. The van der Waals surface area contributed by atoms with Crippen LogP contribution in [0.4, 0.5) is 5.69 Å². The number of hydrogen-bond acceptors (Lipinski definition) is 4. The third-order valence-electron chi connectivity index (χ3n) is 2.54. The highest BCUT2D eigenvalue weighted by atomic mass is 16.2. The first-order valence-corrected chi connectivity index (χ1v) is 4.98. The van der Waals surface area contributed by atoms with E-state index in [0.29, 0.717) is 0 Å². The fourth-order valence-corrected chi connectivity index (χ4v) is 1.75. The number of hydrogen-bond donors (Lipinski definition) is 2. The summed E-state index contributed by atoms with van der Waals surface area (Å²) in [5.41, 5.74) is 3.13. The molecule has 5 nitrogen and oxygen atoms in total. The van der Waals surface area contributed by atoms with Gasteiger partial charge < -0.3 is 9.80 Å². The Morgan fingerprint density at radius 3 is 2.62 bits per heavy atom. The molecule has 16 heavy (non-hydrogen) atoms. The molecular weight excluding hydrogens is 204 g/mol. The summed E-state index contributed by atoms with van der Waals surface area (Å²) in [4.78, 5) is 15.3. The van der Waals surface area contributed by atoms with Crippen LogP contribution in [0.25, 0.3) is 0 Å². The first-order chi connectivity index (χ1) is 7.74. The quantitative estimate of drug-likeness (QED) is 0.423. The van der Waals surface area contributed by atoms with Crippen LogP contribution in [0.15, 0.2) is 42.7 Å². The maximum Gasteiger partial charge on any atom is 0.277 e. The van der Waals surface area contributed by atoms with Gasteiger partial charge in [0.1, 0.15) is 0 Å². The molecule has 0 aliphatic carbocycles. The van der Waals surface area contributed by atoms with Gasteiger partial charge >= 0.3 is 0 Å². The molecule has 1 aromatic carbocycles. The molecule has 0 fully saturated rings. The summed E-state index contributed by atoms with van der Waals surface area (Å²) in [5, 5.41) is 0. The maximum absolute atomic E-state index is 11.6. The van der Waals surface area contributed by atoms with E-state index in [2.05, 4.69) is 5.43 Å². The summed E-state index contributed by atoms with van der Waals surface area (Å²) < 4.78 is 0. The van der Waals surface area contributed by atoms with Crippen molar-refractivity contribution in [1.29, 1.82) is 0 Å². The Morgan fingerprint density at radius 1 is 1.31 bits per heavy atom. The monoisotopic (exact) mass is 218 g/mol. The number of likely N-dealkylation sites (N-methyl/N-ethyl adjacent to an activating group) is 1. The fraction of sp³-hybridized carbons (Fsp3) is 0.182. The highest BCUT2D eigenvalue weighted by molar-refractivity contribution is 5.85. The van der Waals surface area contributed by atoms with Crippen molar-refractivity contribution in [2.45, 2.75) is 6.17 Å². The molecule has 0 saturated carbocycles. The smallest absolute Gasteiger partial charge is 0.277 e. The van der Waals surface area contributed by atoms with E-state index in [1.807, 2.05) is 54.7 Å². The van der Waals surface area contributed by atoms with Crippen LogP contribution >= 0.6 is 0 Å². The molecule has 1 atom stereocenters. The van der Waals surface area contributed by atoms with Gasteiger partial charge in [0.15, 0.2) is 6.17 Å². The minimum absolute atomic E-state index is 0.239. The maximum atomic E-state index is 11.6. The number of amides is 1. The molecule has 5 heteroatoms. The van der Waals surface area contributed by atoms with Crippen LogP contribution in [0.2, 0.25) is 0 Å². The highest BCUT2D eigenvalue weighted by Crippen LogP contribution is 2.23. The number of anilines is 1. The Balaban J connectivity index is 2.28. The molecule has 1 unspecified atom stereocenters. The second-order valence-electron chi connectivity index (χ2n) is 3.59. The molecule has 1 amide bonds. The van der Waals surface area contributed by atoms with E-state index >= 15 is 0 Å². The lowest BCUT2D eigenvalue weighted by Gasteiger charge is -2.28. The third kappa shape index (κ3) is 1.72. The predicted octanol–water partition coefficient (Wildman–Crippen LogP) is 0.226.